The van der Waals surface area contributed by atoms with Gasteiger partial charge in [0.2, 0.25) is 18.6 Å². The number of likely N-dealkylation sites (N-methyl/N-ethyl adjacent to an activating group) is 1. The lowest BCUT2D eigenvalue weighted by Crippen LogP contribution is -2.44. The van der Waals surface area contributed by atoms with Gasteiger partial charge in [0.15, 0.2) is 11.5 Å². The molecule has 1 fully saturated rings. The van der Waals surface area contributed by atoms with Crippen molar-refractivity contribution in [1.82, 2.24) is 15.5 Å². The average Bonchev–Trinajstić information content (AvgIpc) is 3.30. The van der Waals surface area contributed by atoms with Gasteiger partial charge >= 0.3 is 0 Å². The minimum atomic E-state index is -0.720. The Morgan fingerprint density at radius 3 is 2.57 bits per heavy atom. The normalized spacial score (nSPS) is 20.0. The third kappa shape index (κ3) is 6.26. The fourth-order valence-corrected chi connectivity index (χ4v) is 4.30. The number of halogens is 2. The number of amides is 3. The van der Waals surface area contributed by atoms with Crippen LogP contribution in [0.2, 0.25) is 0 Å². The highest BCUT2D eigenvalue weighted by molar-refractivity contribution is 5.95. The molecule has 1 saturated heterocycles. The van der Waals surface area contributed by atoms with Gasteiger partial charge in [0.25, 0.3) is 5.91 Å². The molecular weight excluding hydrogens is 460 g/mol. The number of nitrogens with one attached hydrogen (secondary N) is 2. The minimum Gasteiger partial charge on any atom is -0.454 e. The van der Waals surface area contributed by atoms with Gasteiger partial charge < -0.3 is 25.0 Å². The lowest BCUT2D eigenvalue weighted by Gasteiger charge is -2.24. The van der Waals surface area contributed by atoms with E-state index in [1.807, 2.05) is 0 Å². The second kappa shape index (κ2) is 10.7. The lowest BCUT2D eigenvalue weighted by atomic mass is 9.96. The van der Waals surface area contributed by atoms with Gasteiger partial charge in [0, 0.05) is 50.1 Å². The molecule has 10 heteroatoms. The molecule has 3 amide bonds. The highest BCUT2D eigenvalue weighted by Gasteiger charge is 2.28. The first kappa shape index (κ1) is 24.4. The molecule has 186 valence electrons. The van der Waals surface area contributed by atoms with E-state index < -0.39 is 17.6 Å². The van der Waals surface area contributed by atoms with Crippen molar-refractivity contribution in [3.63, 3.8) is 0 Å². The SMILES string of the molecule is CN1C[C@H](NC(=O)c2ccc3c(c2)OCO3)CCC[C@@H](C(=O)NCc2cc(F)cc(F)c2)CC1=O. The van der Waals surface area contributed by atoms with Gasteiger partial charge in [-0.25, -0.2) is 8.78 Å². The molecule has 0 aliphatic carbocycles. The highest BCUT2D eigenvalue weighted by atomic mass is 19.1. The van der Waals surface area contributed by atoms with Crippen LogP contribution in [-0.2, 0) is 16.1 Å². The van der Waals surface area contributed by atoms with E-state index in [2.05, 4.69) is 10.6 Å². The molecule has 0 aromatic heterocycles. The first-order chi connectivity index (χ1) is 16.8. The molecule has 0 unspecified atom stereocenters. The molecule has 35 heavy (non-hydrogen) atoms. The van der Waals surface area contributed by atoms with Crippen molar-refractivity contribution >= 4 is 17.7 Å². The number of hydrogen-bond acceptors (Lipinski definition) is 5. The molecule has 2 aliphatic heterocycles. The quantitative estimate of drug-likeness (QED) is 0.676. The van der Waals surface area contributed by atoms with Crippen molar-refractivity contribution in [1.29, 1.82) is 0 Å². The summed E-state index contributed by atoms with van der Waals surface area (Å²) in [6.45, 7) is 0.387. The Bertz CT molecular complexity index is 1110. The molecule has 0 bridgehead atoms. The van der Waals surface area contributed by atoms with E-state index >= 15 is 0 Å². The van der Waals surface area contributed by atoms with Crippen LogP contribution >= 0.6 is 0 Å². The molecule has 2 N–H and O–H groups in total. The summed E-state index contributed by atoms with van der Waals surface area (Å²) in [5.41, 5.74) is 0.725. The molecule has 0 radical (unpaired) electrons. The Morgan fingerprint density at radius 2 is 1.80 bits per heavy atom. The number of fused-ring (bicyclic) bond motifs is 1. The van der Waals surface area contributed by atoms with Crippen molar-refractivity contribution in [2.75, 3.05) is 20.4 Å². The fraction of sp³-hybridized carbons (Fsp3) is 0.400. The Morgan fingerprint density at radius 1 is 1.06 bits per heavy atom. The Labute approximate surface area is 201 Å². The second-order valence-corrected chi connectivity index (χ2v) is 8.84. The van der Waals surface area contributed by atoms with Crippen LogP contribution in [0.5, 0.6) is 11.5 Å². The van der Waals surface area contributed by atoms with Gasteiger partial charge in [-0.2, -0.15) is 0 Å². The Balaban J connectivity index is 1.35. The van der Waals surface area contributed by atoms with Crippen molar-refractivity contribution in [2.24, 2.45) is 5.92 Å². The van der Waals surface area contributed by atoms with Crippen molar-refractivity contribution in [3.8, 4) is 11.5 Å². The van der Waals surface area contributed by atoms with E-state index in [0.29, 0.717) is 48.4 Å². The van der Waals surface area contributed by atoms with Gasteiger partial charge in [-0.3, -0.25) is 14.4 Å². The van der Waals surface area contributed by atoms with Crippen LogP contribution in [0.4, 0.5) is 8.78 Å². The summed E-state index contributed by atoms with van der Waals surface area (Å²) in [7, 11) is 1.64. The van der Waals surface area contributed by atoms with E-state index in [1.54, 1.807) is 25.2 Å². The molecule has 4 rings (SSSR count). The first-order valence-corrected chi connectivity index (χ1v) is 11.5. The number of carbonyl (C=O) groups excluding carboxylic acids is 3. The monoisotopic (exact) mass is 487 g/mol. The maximum absolute atomic E-state index is 13.4. The molecule has 2 aliphatic rings. The summed E-state index contributed by atoms with van der Waals surface area (Å²) in [5.74, 6) is -1.78. The van der Waals surface area contributed by atoms with Gasteiger partial charge in [0.05, 0.1) is 0 Å². The van der Waals surface area contributed by atoms with Gasteiger partial charge in [-0.05, 0) is 48.7 Å². The smallest absolute Gasteiger partial charge is 0.251 e. The van der Waals surface area contributed by atoms with E-state index in [-0.39, 0.29) is 43.5 Å². The van der Waals surface area contributed by atoms with Crippen LogP contribution < -0.4 is 20.1 Å². The molecule has 0 spiro atoms. The largest absolute Gasteiger partial charge is 0.454 e. The van der Waals surface area contributed by atoms with E-state index in [1.165, 1.54) is 4.90 Å². The molecule has 8 nitrogen and oxygen atoms in total. The van der Waals surface area contributed by atoms with Crippen LogP contribution in [0.15, 0.2) is 36.4 Å². The van der Waals surface area contributed by atoms with Crippen LogP contribution in [-0.4, -0.2) is 49.0 Å². The summed E-state index contributed by atoms with van der Waals surface area (Å²) in [6.07, 6.45) is 1.65. The van der Waals surface area contributed by atoms with E-state index in [9.17, 15) is 23.2 Å². The third-order valence-electron chi connectivity index (χ3n) is 6.18. The zero-order valence-electron chi connectivity index (χ0n) is 19.3. The summed E-state index contributed by atoms with van der Waals surface area (Å²) in [4.78, 5) is 39.8. The number of nitrogens with zero attached hydrogens (tertiary/aromatic N) is 1. The van der Waals surface area contributed by atoms with Crippen molar-refractivity contribution in [2.45, 2.75) is 38.3 Å². The summed E-state index contributed by atoms with van der Waals surface area (Å²) < 4.78 is 37.4. The summed E-state index contributed by atoms with van der Waals surface area (Å²) in [5, 5.41) is 5.65. The maximum atomic E-state index is 13.4. The van der Waals surface area contributed by atoms with Crippen molar-refractivity contribution in [3.05, 3.63) is 59.2 Å². The van der Waals surface area contributed by atoms with Crippen LogP contribution in [0.25, 0.3) is 0 Å². The zero-order chi connectivity index (χ0) is 24.9. The van der Waals surface area contributed by atoms with Crippen LogP contribution in [0.1, 0.15) is 41.6 Å². The molecule has 2 aromatic carbocycles. The lowest BCUT2D eigenvalue weighted by molar-refractivity contribution is -0.135. The summed E-state index contributed by atoms with van der Waals surface area (Å²) >= 11 is 0. The number of rotatable bonds is 5. The van der Waals surface area contributed by atoms with Gasteiger partial charge in [0.1, 0.15) is 11.6 Å². The molecular formula is C25H27F2N3O5. The second-order valence-electron chi connectivity index (χ2n) is 8.84. The standard InChI is InChI=1S/C25H27F2N3O5/c1-30-13-20(29-25(33)17-5-6-21-22(9-17)35-14-34-21)4-2-3-16(10-23(30)31)24(32)28-12-15-7-18(26)11-19(27)8-15/h5-9,11,16,20H,2-4,10,12-14H2,1H3,(H,28,32)(H,29,33)/t16-,20-/m1/s1. The average molecular weight is 488 g/mol. The number of carbonyl (C=O) groups is 3. The number of ether oxygens (including phenoxy) is 2. The van der Waals surface area contributed by atoms with Gasteiger partial charge in [-0.1, -0.05) is 6.42 Å². The molecule has 2 aromatic rings. The van der Waals surface area contributed by atoms with Crippen LogP contribution in [0.3, 0.4) is 0 Å². The Kier molecular flexibility index (Phi) is 7.48. The fourth-order valence-electron chi connectivity index (χ4n) is 4.30. The van der Waals surface area contributed by atoms with Gasteiger partial charge in [-0.15, -0.1) is 0 Å². The minimum absolute atomic E-state index is 0.0165. The molecule has 0 saturated carbocycles. The van der Waals surface area contributed by atoms with Crippen molar-refractivity contribution < 1.29 is 32.6 Å². The third-order valence-corrected chi connectivity index (χ3v) is 6.18. The molecule has 2 atom stereocenters. The topological polar surface area (TPSA) is 97.0 Å². The zero-order valence-corrected chi connectivity index (χ0v) is 19.3. The number of benzene rings is 2. The van der Waals surface area contributed by atoms with E-state index in [0.717, 1.165) is 18.2 Å². The predicted octanol–water partition coefficient (Wildman–Crippen LogP) is 2.76. The van der Waals surface area contributed by atoms with E-state index in [4.69, 9.17) is 9.47 Å². The molecule has 2 heterocycles. The first-order valence-electron chi connectivity index (χ1n) is 11.5. The van der Waals surface area contributed by atoms with Crippen LogP contribution in [0, 0.1) is 17.6 Å². The maximum Gasteiger partial charge on any atom is 0.251 e. The number of hydrogen-bond donors (Lipinski definition) is 2. The predicted molar refractivity (Wildman–Crippen MR) is 122 cm³/mol. The Hall–Kier alpha value is -3.69. The summed E-state index contributed by atoms with van der Waals surface area (Å²) in [6, 6.07) is 7.72. The highest BCUT2D eigenvalue weighted by Crippen LogP contribution is 2.32.